The fourth-order valence-corrected chi connectivity index (χ4v) is 14.2. The number of cyclic esters (lactones) is 1. The number of anilines is 2. The van der Waals surface area contributed by atoms with Gasteiger partial charge in [-0.3, -0.25) is 14.5 Å². The lowest BCUT2D eigenvalue weighted by Gasteiger charge is -2.41. The lowest BCUT2D eigenvalue weighted by Crippen LogP contribution is -2.54. The van der Waals surface area contributed by atoms with Crippen LogP contribution in [0.3, 0.4) is 0 Å². The highest BCUT2D eigenvalue weighted by Crippen LogP contribution is 2.47. The second kappa shape index (κ2) is 25.2. The number of rotatable bonds is 17. The topological polar surface area (TPSA) is 244 Å². The van der Waals surface area contributed by atoms with E-state index in [0.717, 1.165) is 54.8 Å². The molecule has 494 valence electrons. The van der Waals surface area contributed by atoms with Gasteiger partial charge in [-0.2, -0.15) is 23.1 Å². The van der Waals surface area contributed by atoms with Crippen molar-refractivity contribution >= 4 is 69.1 Å². The van der Waals surface area contributed by atoms with Crippen molar-refractivity contribution in [2.75, 3.05) is 90.4 Å². The summed E-state index contributed by atoms with van der Waals surface area (Å²) in [6.45, 7) is 11.7. The maximum Gasteiger partial charge on any atom is 0.418 e. The highest BCUT2D eigenvalue weighted by molar-refractivity contribution is 6.34. The quantitative estimate of drug-likeness (QED) is 0.0375. The Bertz CT molecular complexity index is 4130. The minimum atomic E-state index is -4.96. The van der Waals surface area contributed by atoms with Gasteiger partial charge < -0.3 is 58.9 Å². The van der Waals surface area contributed by atoms with Gasteiger partial charge in [0.05, 0.1) is 63.5 Å². The average molecular weight is 1310 g/mol. The lowest BCUT2D eigenvalue weighted by molar-refractivity contribution is -0.173. The van der Waals surface area contributed by atoms with Gasteiger partial charge in [0.15, 0.2) is 5.82 Å². The summed E-state index contributed by atoms with van der Waals surface area (Å²) in [4.78, 5) is 99.2. The van der Waals surface area contributed by atoms with E-state index >= 15 is 8.78 Å². The number of hydrogen-bond donors (Lipinski definition) is 2. The van der Waals surface area contributed by atoms with Gasteiger partial charge in [-0.05, 0) is 120 Å². The summed E-state index contributed by atoms with van der Waals surface area (Å²) in [5, 5.41) is 10.4. The maximum atomic E-state index is 17.1. The highest BCUT2D eigenvalue weighted by Gasteiger charge is 2.52. The minimum absolute atomic E-state index is 0.00313. The van der Waals surface area contributed by atoms with Gasteiger partial charge in [0.1, 0.15) is 42.8 Å². The van der Waals surface area contributed by atoms with E-state index in [-0.39, 0.29) is 128 Å². The molecule has 4 aromatic heterocycles. The number of pyridine rings is 3. The molecule has 0 radical (unpaired) electrons. The number of amides is 3. The number of nitrogens with zero attached hydrogens (tertiary/aromatic N) is 11. The van der Waals surface area contributed by atoms with E-state index in [2.05, 4.69) is 26.3 Å². The third-order valence-corrected chi connectivity index (χ3v) is 19.4. The number of piperazine rings is 1. The number of carbonyl (C=O) groups excluding carboxylic acids is 4. The Morgan fingerprint density at radius 3 is 2.39 bits per heavy atom. The molecule has 2 aromatic carbocycles. The Balaban J connectivity index is 0.717. The predicted molar refractivity (Wildman–Crippen MR) is 333 cm³/mol. The Hall–Kier alpha value is -8.27. The van der Waals surface area contributed by atoms with Crippen molar-refractivity contribution in [3.63, 3.8) is 0 Å². The molecule has 1 saturated carbocycles. The van der Waals surface area contributed by atoms with E-state index in [9.17, 15) is 42.3 Å². The third-order valence-electron chi connectivity index (χ3n) is 19.1. The molecular weight excluding hydrogens is 1240 g/mol. The van der Waals surface area contributed by atoms with Gasteiger partial charge in [0.25, 0.3) is 11.5 Å². The number of fused-ring (bicyclic) bond motifs is 6. The number of esters is 1. The van der Waals surface area contributed by atoms with Gasteiger partial charge in [0.2, 0.25) is 5.60 Å². The van der Waals surface area contributed by atoms with Crippen molar-refractivity contribution in [3.8, 4) is 28.7 Å². The molecule has 4 unspecified atom stereocenters. The SMILES string of the molecule is C=C(COC(=O)N1CCCC1CN(C)C(=O)OC1(CC)C(=O)OCc2c1cc1n(c2=O)Cc2c-1nc1cc(F)c(C)cc1c2CN(CCO)C1CC1)C(=O)N1CCN(c2nc(OCC3CCCN3C)nc3c(F)c(-c4nc(N)cc(C)c4C(F)(F)F)c(Cl)cc23)C(C)C1. The van der Waals surface area contributed by atoms with Crippen molar-refractivity contribution in [1.29, 1.82) is 0 Å². The molecule has 0 bridgehead atoms. The van der Waals surface area contributed by atoms with Crippen LogP contribution in [0.5, 0.6) is 6.01 Å². The zero-order valence-corrected chi connectivity index (χ0v) is 53.2. The van der Waals surface area contributed by atoms with Crippen LogP contribution in [0.2, 0.25) is 5.02 Å². The molecule has 6 aromatic rings. The number of aromatic nitrogens is 5. The number of halogens is 6. The monoisotopic (exact) mass is 1310 g/mol. The van der Waals surface area contributed by atoms with Crippen LogP contribution in [0.4, 0.5) is 43.2 Å². The largest absolute Gasteiger partial charge is 0.462 e. The fourth-order valence-electron chi connectivity index (χ4n) is 13.9. The summed E-state index contributed by atoms with van der Waals surface area (Å²) in [6.07, 6.45) is -2.11. The summed E-state index contributed by atoms with van der Waals surface area (Å²) in [5.41, 5.74) is 3.42. The van der Waals surface area contributed by atoms with Crippen LogP contribution in [0.1, 0.15) is 97.7 Å². The average Bonchev–Trinajstić information content (AvgIpc) is 1.67. The molecule has 3 N–H and O–H groups in total. The summed E-state index contributed by atoms with van der Waals surface area (Å²) in [7, 11) is 3.39. The lowest BCUT2D eigenvalue weighted by atomic mass is 9.85. The molecule has 0 spiro atoms. The van der Waals surface area contributed by atoms with Gasteiger partial charge in [-0.15, -0.1) is 0 Å². The molecule has 9 heterocycles. The van der Waals surface area contributed by atoms with Gasteiger partial charge >= 0.3 is 30.3 Å². The van der Waals surface area contributed by atoms with E-state index in [0.29, 0.717) is 48.4 Å². The Kier molecular flexibility index (Phi) is 17.6. The van der Waals surface area contributed by atoms with Crippen LogP contribution < -0.4 is 20.9 Å². The number of ether oxygens (including phenoxy) is 4. The molecule has 1 aliphatic carbocycles. The number of likely N-dealkylation sites (N-methyl/N-ethyl adjacent to an activating group) is 2. The van der Waals surface area contributed by atoms with Gasteiger partial charge in [0, 0.05) is 105 Å². The first-order valence-corrected chi connectivity index (χ1v) is 31.6. The highest BCUT2D eigenvalue weighted by atomic mass is 35.5. The number of nitrogen functional groups attached to an aromatic ring is 1. The number of aliphatic hydroxyl groups is 1. The molecule has 6 aliphatic rings. The second-order valence-corrected chi connectivity index (χ2v) is 25.6. The minimum Gasteiger partial charge on any atom is -0.462 e. The Morgan fingerprint density at radius 2 is 1.69 bits per heavy atom. The number of alkyl halides is 3. The van der Waals surface area contributed by atoms with Crippen LogP contribution in [0.15, 0.2) is 47.3 Å². The van der Waals surface area contributed by atoms with Crippen LogP contribution in [0, 0.1) is 25.5 Å². The Labute approximate surface area is 537 Å². The van der Waals surface area contributed by atoms with Crippen molar-refractivity contribution in [3.05, 3.63) is 108 Å². The summed E-state index contributed by atoms with van der Waals surface area (Å²) >= 11 is 6.73. The smallest absolute Gasteiger partial charge is 0.418 e. The predicted octanol–water partition coefficient (Wildman–Crippen LogP) is 8.63. The number of nitrogens with two attached hydrogens (primary N) is 1. The number of benzene rings is 2. The molecule has 4 fully saturated rings. The molecular formula is C65H72ClF5N12O10. The standard InChI is InChI=1S/C65H72ClF5N12O10/c1-8-64(45-24-49-54-43(29-83(49)59(86)44(45)32-90-60(64)87)42(28-79(19-20-84)37-13-14-37)40-21-33(2)47(67)25-48(40)73-54)93-62(88)78(7)27-38-11-10-16-82(38)63(89)92-30-35(4)58(85)80-17-18-81(36(5)26-80)57-41-23-46(66)51(56-52(65(69,70)71)34(3)22-50(72)74-56)53(68)55(41)75-61(76-57)91-31-39-12-9-15-77(39)6/h21-25,36-39,84H,4,8-20,26-32H2,1-3,5-7H3,(H2,72,74). The zero-order chi connectivity index (χ0) is 66.3. The molecule has 3 saturated heterocycles. The van der Waals surface area contributed by atoms with E-state index in [1.165, 1.54) is 40.8 Å². The first kappa shape index (κ1) is 64.8. The van der Waals surface area contributed by atoms with E-state index in [1.807, 2.05) is 7.05 Å². The number of aliphatic hydroxyl groups excluding tert-OH is 1. The molecule has 28 heteroatoms. The second-order valence-electron chi connectivity index (χ2n) is 25.2. The van der Waals surface area contributed by atoms with E-state index in [4.69, 9.17) is 46.3 Å². The van der Waals surface area contributed by atoms with Crippen LogP contribution in [-0.4, -0.2) is 182 Å². The molecule has 4 atom stereocenters. The number of hydrogen-bond acceptors (Lipinski definition) is 18. The molecule has 12 rings (SSSR count). The maximum absolute atomic E-state index is 17.1. The number of likely N-dealkylation sites (tertiary alicyclic amines) is 2. The summed E-state index contributed by atoms with van der Waals surface area (Å²) in [5.74, 6) is -3.18. The van der Waals surface area contributed by atoms with Crippen molar-refractivity contribution in [2.24, 2.45) is 0 Å². The summed E-state index contributed by atoms with van der Waals surface area (Å²) < 4.78 is 101. The number of carbonyl (C=O) groups is 4. The molecule has 3 amide bonds. The van der Waals surface area contributed by atoms with Crippen LogP contribution >= 0.6 is 11.6 Å². The van der Waals surface area contributed by atoms with Crippen molar-refractivity contribution in [2.45, 2.75) is 128 Å². The molecule has 22 nitrogen and oxygen atoms in total. The third kappa shape index (κ3) is 12.0. The first-order chi connectivity index (χ1) is 44.3. The normalized spacial score (nSPS) is 20.5. The van der Waals surface area contributed by atoms with Gasteiger partial charge in [-0.1, -0.05) is 25.1 Å². The Morgan fingerprint density at radius 1 is 0.935 bits per heavy atom. The summed E-state index contributed by atoms with van der Waals surface area (Å²) in [6, 6.07) is 6.00. The van der Waals surface area contributed by atoms with Crippen molar-refractivity contribution < 1.29 is 65.2 Å². The molecule has 93 heavy (non-hydrogen) atoms. The van der Waals surface area contributed by atoms with Crippen molar-refractivity contribution in [1.82, 2.24) is 49.0 Å². The van der Waals surface area contributed by atoms with E-state index < -0.39 is 93.6 Å². The fraction of sp³-hybridized carbons (Fsp3) is 0.492. The van der Waals surface area contributed by atoms with E-state index in [1.54, 1.807) is 42.4 Å². The zero-order valence-electron chi connectivity index (χ0n) is 52.4. The number of aryl methyl sites for hydroxylation is 2. The van der Waals surface area contributed by atoms with Gasteiger partial charge in [-0.25, -0.2) is 33.1 Å². The van der Waals surface area contributed by atoms with Crippen LogP contribution in [-0.2, 0) is 55.3 Å². The van der Waals surface area contributed by atoms with Crippen LogP contribution in [0.25, 0.3) is 44.5 Å². The molecule has 5 aliphatic heterocycles. The first-order valence-electron chi connectivity index (χ1n) is 31.2.